The molecule has 0 spiro atoms. The standard InChI is InChI=1S/C15H18FN3/c1-11(17)14-8-13(16)5-6-15(14)19(2)10-12-4-3-7-18-9-12/h3-9,11H,10,17H2,1-2H3. The first-order chi connectivity index (χ1) is 9.08. The van der Waals surface area contributed by atoms with Crippen molar-refractivity contribution < 1.29 is 4.39 Å². The Labute approximate surface area is 112 Å². The van der Waals surface area contributed by atoms with E-state index in [1.165, 1.54) is 12.1 Å². The third kappa shape index (κ3) is 3.29. The van der Waals surface area contributed by atoms with Crippen LogP contribution in [0.4, 0.5) is 10.1 Å². The van der Waals surface area contributed by atoms with Crippen molar-refractivity contribution >= 4 is 5.69 Å². The minimum atomic E-state index is -0.258. The lowest BCUT2D eigenvalue weighted by atomic mass is 10.1. The predicted octanol–water partition coefficient (Wildman–Crippen LogP) is 2.88. The van der Waals surface area contributed by atoms with Gasteiger partial charge in [-0.2, -0.15) is 0 Å². The Hall–Kier alpha value is -1.94. The lowest BCUT2D eigenvalue weighted by Gasteiger charge is -2.24. The Balaban J connectivity index is 2.26. The maximum absolute atomic E-state index is 13.3. The quantitative estimate of drug-likeness (QED) is 0.918. The van der Waals surface area contributed by atoms with Gasteiger partial charge in [-0.15, -0.1) is 0 Å². The van der Waals surface area contributed by atoms with Gasteiger partial charge in [0, 0.05) is 37.7 Å². The van der Waals surface area contributed by atoms with E-state index in [-0.39, 0.29) is 11.9 Å². The van der Waals surface area contributed by atoms with Crippen LogP contribution in [0.2, 0.25) is 0 Å². The van der Waals surface area contributed by atoms with Gasteiger partial charge in [-0.1, -0.05) is 6.07 Å². The topological polar surface area (TPSA) is 42.1 Å². The van der Waals surface area contributed by atoms with Crippen LogP contribution in [0, 0.1) is 5.82 Å². The number of halogens is 1. The van der Waals surface area contributed by atoms with E-state index in [4.69, 9.17) is 5.73 Å². The van der Waals surface area contributed by atoms with Crippen LogP contribution in [0.3, 0.4) is 0 Å². The Morgan fingerprint density at radius 2 is 2.16 bits per heavy atom. The molecule has 2 aromatic rings. The van der Waals surface area contributed by atoms with Crippen molar-refractivity contribution in [3.8, 4) is 0 Å². The summed E-state index contributed by atoms with van der Waals surface area (Å²) < 4.78 is 13.3. The van der Waals surface area contributed by atoms with Crippen LogP contribution in [0.25, 0.3) is 0 Å². The van der Waals surface area contributed by atoms with Gasteiger partial charge < -0.3 is 10.6 Å². The number of pyridine rings is 1. The van der Waals surface area contributed by atoms with Gasteiger partial charge in [-0.25, -0.2) is 4.39 Å². The molecular weight excluding hydrogens is 241 g/mol. The number of anilines is 1. The van der Waals surface area contributed by atoms with Crippen LogP contribution in [0.15, 0.2) is 42.7 Å². The monoisotopic (exact) mass is 259 g/mol. The van der Waals surface area contributed by atoms with Crippen molar-refractivity contribution in [1.82, 2.24) is 4.98 Å². The smallest absolute Gasteiger partial charge is 0.123 e. The summed E-state index contributed by atoms with van der Waals surface area (Å²) in [4.78, 5) is 6.14. The molecule has 3 nitrogen and oxygen atoms in total. The van der Waals surface area contributed by atoms with E-state index in [1.54, 1.807) is 12.3 Å². The molecule has 0 aliphatic carbocycles. The van der Waals surface area contributed by atoms with E-state index in [1.807, 2.05) is 32.3 Å². The average molecular weight is 259 g/mol. The Morgan fingerprint density at radius 3 is 2.79 bits per heavy atom. The number of rotatable bonds is 4. The normalized spacial score (nSPS) is 12.2. The molecule has 0 bridgehead atoms. The third-order valence-corrected chi connectivity index (χ3v) is 3.03. The van der Waals surface area contributed by atoms with Gasteiger partial charge in [0.1, 0.15) is 5.82 Å². The van der Waals surface area contributed by atoms with Crippen molar-refractivity contribution in [2.45, 2.75) is 19.5 Å². The van der Waals surface area contributed by atoms with Gasteiger partial charge in [0.2, 0.25) is 0 Å². The molecule has 100 valence electrons. The summed E-state index contributed by atoms with van der Waals surface area (Å²) in [5, 5.41) is 0. The number of benzene rings is 1. The van der Waals surface area contributed by atoms with Gasteiger partial charge in [-0.3, -0.25) is 4.98 Å². The molecule has 1 aromatic heterocycles. The number of nitrogens with two attached hydrogens (primary N) is 1. The molecule has 0 aliphatic heterocycles. The highest BCUT2D eigenvalue weighted by Crippen LogP contribution is 2.26. The van der Waals surface area contributed by atoms with Gasteiger partial charge in [0.15, 0.2) is 0 Å². The van der Waals surface area contributed by atoms with Gasteiger partial charge >= 0.3 is 0 Å². The summed E-state index contributed by atoms with van der Waals surface area (Å²) in [5.41, 5.74) is 8.77. The fraction of sp³-hybridized carbons (Fsp3) is 0.267. The van der Waals surface area contributed by atoms with E-state index in [0.717, 1.165) is 16.8 Å². The Kier molecular flexibility index (Phi) is 4.12. The van der Waals surface area contributed by atoms with Crippen molar-refractivity contribution in [2.24, 2.45) is 5.73 Å². The molecule has 1 aromatic carbocycles. The SMILES string of the molecule is CC(N)c1cc(F)ccc1N(C)Cc1cccnc1. The maximum atomic E-state index is 13.3. The number of nitrogens with zero attached hydrogens (tertiary/aromatic N) is 2. The summed E-state index contributed by atoms with van der Waals surface area (Å²) in [6, 6.07) is 8.44. The second-order valence-corrected chi connectivity index (χ2v) is 4.71. The Morgan fingerprint density at radius 1 is 1.37 bits per heavy atom. The van der Waals surface area contributed by atoms with E-state index in [0.29, 0.717) is 6.54 Å². The van der Waals surface area contributed by atoms with Crippen LogP contribution in [-0.2, 0) is 6.54 Å². The van der Waals surface area contributed by atoms with Crippen LogP contribution in [0.5, 0.6) is 0 Å². The molecule has 4 heteroatoms. The van der Waals surface area contributed by atoms with Crippen LogP contribution < -0.4 is 10.6 Å². The maximum Gasteiger partial charge on any atom is 0.123 e. The Bertz CT molecular complexity index is 540. The summed E-state index contributed by atoms with van der Waals surface area (Å²) in [6.45, 7) is 2.56. The summed E-state index contributed by atoms with van der Waals surface area (Å²) in [6.07, 6.45) is 3.57. The zero-order chi connectivity index (χ0) is 13.8. The van der Waals surface area contributed by atoms with E-state index in [2.05, 4.69) is 9.88 Å². The molecule has 1 atom stereocenters. The minimum absolute atomic E-state index is 0.206. The molecule has 0 saturated heterocycles. The van der Waals surface area contributed by atoms with E-state index in [9.17, 15) is 4.39 Å². The lowest BCUT2D eigenvalue weighted by Crippen LogP contribution is -2.20. The zero-order valence-corrected chi connectivity index (χ0v) is 11.2. The van der Waals surface area contributed by atoms with Crippen LogP contribution >= 0.6 is 0 Å². The first-order valence-electron chi connectivity index (χ1n) is 6.23. The molecule has 0 amide bonds. The molecular formula is C15H18FN3. The molecule has 19 heavy (non-hydrogen) atoms. The van der Waals surface area contributed by atoms with Gasteiger partial charge in [0.25, 0.3) is 0 Å². The fourth-order valence-electron chi connectivity index (χ4n) is 2.09. The molecule has 2 rings (SSSR count). The van der Waals surface area contributed by atoms with Crippen molar-refractivity contribution in [1.29, 1.82) is 0 Å². The van der Waals surface area contributed by atoms with Crippen LogP contribution in [0.1, 0.15) is 24.1 Å². The summed E-state index contributed by atoms with van der Waals surface area (Å²) in [5.74, 6) is -0.258. The van der Waals surface area contributed by atoms with E-state index >= 15 is 0 Å². The molecule has 0 saturated carbocycles. The molecule has 2 N–H and O–H groups in total. The lowest BCUT2D eigenvalue weighted by molar-refractivity contribution is 0.622. The zero-order valence-electron chi connectivity index (χ0n) is 11.2. The fourth-order valence-corrected chi connectivity index (χ4v) is 2.09. The highest BCUT2D eigenvalue weighted by molar-refractivity contribution is 5.54. The van der Waals surface area contributed by atoms with Gasteiger partial charge in [0.05, 0.1) is 0 Å². The predicted molar refractivity (Wildman–Crippen MR) is 75.3 cm³/mol. The van der Waals surface area contributed by atoms with E-state index < -0.39 is 0 Å². The highest BCUT2D eigenvalue weighted by Gasteiger charge is 2.12. The minimum Gasteiger partial charge on any atom is -0.370 e. The second kappa shape index (κ2) is 5.80. The number of hydrogen-bond acceptors (Lipinski definition) is 3. The molecule has 0 aliphatic rings. The molecule has 0 fully saturated rings. The summed E-state index contributed by atoms with van der Waals surface area (Å²) in [7, 11) is 1.96. The second-order valence-electron chi connectivity index (χ2n) is 4.71. The molecule has 1 heterocycles. The largest absolute Gasteiger partial charge is 0.370 e. The van der Waals surface area contributed by atoms with Crippen LogP contribution in [-0.4, -0.2) is 12.0 Å². The highest BCUT2D eigenvalue weighted by atomic mass is 19.1. The van der Waals surface area contributed by atoms with Gasteiger partial charge in [-0.05, 0) is 42.3 Å². The average Bonchev–Trinajstić information content (AvgIpc) is 2.39. The number of hydrogen-bond donors (Lipinski definition) is 1. The van der Waals surface area contributed by atoms with Crippen molar-refractivity contribution in [3.05, 3.63) is 59.7 Å². The first-order valence-corrected chi connectivity index (χ1v) is 6.23. The first kappa shape index (κ1) is 13.5. The molecule has 0 radical (unpaired) electrons. The van der Waals surface area contributed by atoms with Crippen molar-refractivity contribution in [3.63, 3.8) is 0 Å². The number of aromatic nitrogens is 1. The molecule has 1 unspecified atom stereocenters. The summed E-state index contributed by atoms with van der Waals surface area (Å²) >= 11 is 0. The third-order valence-electron chi connectivity index (χ3n) is 3.03. The van der Waals surface area contributed by atoms with Crippen molar-refractivity contribution in [2.75, 3.05) is 11.9 Å².